The monoisotopic (exact) mass is 253 g/mol. The topological polar surface area (TPSA) is 110 Å². The van der Waals surface area contributed by atoms with Crippen LogP contribution in [0.1, 0.15) is 29.8 Å². The fourth-order valence-corrected chi connectivity index (χ4v) is 2.12. The number of hydrogen-bond donors (Lipinski definition) is 2. The van der Waals surface area contributed by atoms with Crippen molar-refractivity contribution >= 4 is 17.9 Å². The molecule has 2 rings (SSSR count). The van der Waals surface area contributed by atoms with Crippen molar-refractivity contribution in [1.82, 2.24) is 4.98 Å². The first-order chi connectivity index (χ1) is 8.56. The number of carbonyl (C=O) groups is 2. The standard InChI is InChI=1S/C11H15N3O4/c12-9(15)5-7-1-3-14(4-2-7)11-13-8(6-18-11)10(16)17/h6-7H,1-5H2,(H2,12,15)(H,16,17). The Bertz CT molecular complexity index is 449. The van der Waals surface area contributed by atoms with Gasteiger partial charge in [-0.15, -0.1) is 0 Å². The largest absolute Gasteiger partial charge is 0.476 e. The van der Waals surface area contributed by atoms with Crippen LogP contribution in [0.5, 0.6) is 0 Å². The molecule has 0 bridgehead atoms. The normalized spacial score (nSPS) is 16.8. The first kappa shape index (κ1) is 12.4. The molecule has 0 saturated carbocycles. The summed E-state index contributed by atoms with van der Waals surface area (Å²) in [5.41, 5.74) is 5.06. The molecule has 0 spiro atoms. The number of carboxylic acid groups (broad SMARTS) is 1. The number of hydrogen-bond acceptors (Lipinski definition) is 5. The lowest BCUT2D eigenvalue weighted by atomic mass is 9.93. The minimum Gasteiger partial charge on any atom is -0.476 e. The van der Waals surface area contributed by atoms with Crippen molar-refractivity contribution in [2.45, 2.75) is 19.3 Å². The van der Waals surface area contributed by atoms with Crippen LogP contribution >= 0.6 is 0 Å². The van der Waals surface area contributed by atoms with E-state index >= 15 is 0 Å². The summed E-state index contributed by atoms with van der Waals surface area (Å²) in [6, 6.07) is 0.324. The SMILES string of the molecule is NC(=O)CC1CCN(c2nc(C(=O)O)co2)CC1. The van der Waals surface area contributed by atoms with Gasteiger partial charge in [0.1, 0.15) is 6.26 Å². The smallest absolute Gasteiger partial charge is 0.357 e. The lowest BCUT2D eigenvalue weighted by molar-refractivity contribution is -0.119. The molecule has 1 aliphatic rings. The summed E-state index contributed by atoms with van der Waals surface area (Å²) in [5.74, 6) is -1.08. The molecule has 2 heterocycles. The number of carbonyl (C=O) groups excluding carboxylic acids is 1. The molecule has 0 atom stereocenters. The summed E-state index contributed by atoms with van der Waals surface area (Å²) < 4.78 is 5.12. The van der Waals surface area contributed by atoms with Crippen molar-refractivity contribution in [1.29, 1.82) is 0 Å². The summed E-state index contributed by atoms with van der Waals surface area (Å²) >= 11 is 0. The number of rotatable bonds is 4. The number of primary amides is 1. The van der Waals surface area contributed by atoms with Gasteiger partial charge in [0.25, 0.3) is 6.01 Å². The molecule has 0 aliphatic carbocycles. The molecule has 0 radical (unpaired) electrons. The van der Waals surface area contributed by atoms with E-state index in [4.69, 9.17) is 15.3 Å². The van der Waals surface area contributed by atoms with Crippen molar-refractivity contribution in [3.05, 3.63) is 12.0 Å². The van der Waals surface area contributed by atoms with Crippen LogP contribution in [-0.2, 0) is 4.79 Å². The Kier molecular flexibility index (Phi) is 3.50. The quantitative estimate of drug-likeness (QED) is 0.806. The van der Waals surface area contributed by atoms with E-state index in [1.807, 2.05) is 4.90 Å². The fraction of sp³-hybridized carbons (Fsp3) is 0.545. The third kappa shape index (κ3) is 2.79. The van der Waals surface area contributed by atoms with Gasteiger partial charge in [0.2, 0.25) is 5.91 Å². The van der Waals surface area contributed by atoms with E-state index in [1.54, 1.807) is 0 Å². The zero-order chi connectivity index (χ0) is 13.1. The van der Waals surface area contributed by atoms with Crippen LogP contribution in [-0.4, -0.2) is 35.1 Å². The van der Waals surface area contributed by atoms with Gasteiger partial charge in [-0.25, -0.2) is 4.79 Å². The maximum absolute atomic E-state index is 10.8. The van der Waals surface area contributed by atoms with E-state index in [2.05, 4.69) is 4.98 Å². The van der Waals surface area contributed by atoms with Gasteiger partial charge < -0.3 is 20.2 Å². The van der Waals surface area contributed by atoms with E-state index in [1.165, 1.54) is 0 Å². The predicted octanol–water partition coefficient (Wildman–Crippen LogP) is 0.465. The summed E-state index contributed by atoms with van der Waals surface area (Å²) in [6.07, 6.45) is 3.19. The van der Waals surface area contributed by atoms with E-state index < -0.39 is 5.97 Å². The molecule has 3 N–H and O–H groups in total. The number of aromatic carboxylic acids is 1. The lowest BCUT2D eigenvalue weighted by Gasteiger charge is -2.30. The van der Waals surface area contributed by atoms with Gasteiger partial charge >= 0.3 is 5.97 Å². The molecule has 1 aromatic rings. The summed E-state index contributed by atoms with van der Waals surface area (Å²) in [4.78, 5) is 27.3. The molecule has 7 heteroatoms. The summed E-state index contributed by atoms with van der Waals surface area (Å²) in [6.45, 7) is 1.38. The molecule has 0 unspecified atom stereocenters. The Hall–Kier alpha value is -2.05. The molecule has 18 heavy (non-hydrogen) atoms. The van der Waals surface area contributed by atoms with Crippen molar-refractivity contribution in [3.63, 3.8) is 0 Å². The number of aromatic nitrogens is 1. The van der Waals surface area contributed by atoms with Gasteiger partial charge in [-0.05, 0) is 18.8 Å². The number of oxazole rings is 1. The maximum Gasteiger partial charge on any atom is 0.357 e. The van der Waals surface area contributed by atoms with Crippen molar-refractivity contribution in [2.24, 2.45) is 11.7 Å². The predicted molar refractivity (Wildman–Crippen MR) is 62.2 cm³/mol. The van der Waals surface area contributed by atoms with E-state index in [0.29, 0.717) is 31.4 Å². The summed E-state index contributed by atoms with van der Waals surface area (Å²) in [5, 5.41) is 8.75. The first-order valence-electron chi connectivity index (χ1n) is 5.78. The van der Waals surface area contributed by atoms with Gasteiger partial charge in [0, 0.05) is 19.5 Å². The molecule has 0 aromatic carbocycles. The highest BCUT2D eigenvalue weighted by Crippen LogP contribution is 2.24. The number of amides is 1. The average Bonchev–Trinajstić information content (AvgIpc) is 2.78. The van der Waals surface area contributed by atoms with E-state index in [-0.39, 0.29) is 11.6 Å². The Labute approximate surface area is 104 Å². The molecule has 98 valence electrons. The van der Waals surface area contributed by atoms with Crippen LogP contribution in [0.15, 0.2) is 10.7 Å². The molecule has 1 amide bonds. The third-order valence-electron chi connectivity index (χ3n) is 3.09. The molecule has 1 fully saturated rings. The minimum absolute atomic E-state index is 0.0933. The Morgan fingerprint density at radius 2 is 2.17 bits per heavy atom. The Balaban J connectivity index is 1.92. The second-order valence-electron chi connectivity index (χ2n) is 4.42. The Morgan fingerprint density at radius 1 is 1.50 bits per heavy atom. The van der Waals surface area contributed by atoms with Crippen LogP contribution in [0.4, 0.5) is 6.01 Å². The molecule has 1 aliphatic heterocycles. The number of carboxylic acids is 1. The highest BCUT2D eigenvalue weighted by Gasteiger charge is 2.24. The van der Waals surface area contributed by atoms with Gasteiger partial charge in [-0.2, -0.15) is 4.98 Å². The van der Waals surface area contributed by atoms with Crippen LogP contribution < -0.4 is 10.6 Å². The average molecular weight is 253 g/mol. The fourth-order valence-electron chi connectivity index (χ4n) is 2.12. The maximum atomic E-state index is 10.8. The minimum atomic E-state index is -1.10. The first-order valence-corrected chi connectivity index (χ1v) is 5.78. The Morgan fingerprint density at radius 3 is 2.67 bits per heavy atom. The van der Waals surface area contributed by atoms with Gasteiger partial charge in [0.15, 0.2) is 5.69 Å². The van der Waals surface area contributed by atoms with Gasteiger partial charge in [0.05, 0.1) is 0 Å². The van der Waals surface area contributed by atoms with E-state index in [0.717, 1.165) is 19.1 Å². The van der Waals surface area contributed by atoms with Crippen LogP contribution in [0.25, 0.3) is 0 Å². The van der Waals surface area contributed by atoms with Crippen LogP contribution in [0, 0.1) is 5.92 Å². The van der Waals surface area contributed by atoms with Crippen LogP contribution in [0.3, 0.4) is 0 Å². The second-order valence-corrected chi connectivity index (χ2v) is 4.42. The van der Waals surface area contributed by atoms with Gasteiger partial charge in [-0.3, -0.25) is 4.79 Å². The highest BCUT2D eigenvalue weighted by atomic mass is 16.4. The number of piperidine rings is 1. The lowest BCUT2D eigenvalue weighted by Crippen LogP contribution is -2.35. The molecular weight excluding hydrogens is 238 g/mol. The van der Waals surface area contributed by atoms with Crippen LogP contribution in [0.2, 0.25) is 0 Å². The van der Waals surface area contributed by atoms with Crippen molar-refractivity contribution in [2.75, 3.05) is 18.0 Å². The van der Waals surface area contributed by atoms with Crippen molar-refractivity contribution in [3.8, 4) is 0 Å². The van der Waals surface area contributed by atoms with Gasteiger partial charge in [-0.1, -0.05) is 0 Å². The highest BCUT2D eigenvalue weighted by molar-refractivity contribution is 5.85. The third-order valence-corrected chi connectivity index (χ3v) is 3.09. The molecule has 1 saturated heterocycles. The van der Waals surface area contributed by atoms with Crippen molar-refractivity contribution < 1.29 is 19.1 Å². The molecule has 1 aromatic heterocycles. The molecule has 7 nitrogen and oxygen atoms in total. The van der Waals surface area contributed by atoms with E-state index in [9.17, 15) is 9.59 Å². The number of nitrogens with two attached hydrogens (primary N) is 1. The summed E-state index contributed by atoms with van der Waals surface area (Å²) in [7, 11) is 0. The number of anilines is 1. The zero-order valence-corrected chi connectivity index (χ0v) is 9.83. The number of nitrogens with zero attached hydrogens (tertiary/aromatic N) is 2. The second kappa shape index (κ2) is 5.07. The zero-order valence-electron chi connectivity index (χ0n) is 9.83. The molecular formula is C11H15N3O4.